The zero-order valence-corrected chi connectivity index (χ0v) is 18.5. The molecule has 3 nitrogen and oxygen atoms in total. The normalized spacial score (nSPS) is 10.6. The third-order valence-corrected chi connectivity index (χ3v) is 5.46. The summed E-state index contributed by atoms with van der Waals surface area (Å²) in [5.74, 6) is 1.07. The van der Waals surface area contributed by atoms with Gasteiger partial charge in [-0.3, -0.25) is 0 Å². The summed E-state index contributed by atoms with van der Waals surface area (Å²) in [4.78, 5) is 0. The molecular formula is C22H20ClFINO2. The lowest BCUT2D eigenvalue weighted by molar-refractivity contribution is 0.282. The maximum Gasteiger partial charge on any atom is 0.174 e. The van der Waals surface area contributed by atoms with Crippen LogP contribution in [0.2, 0.25) is 5.02 Å². The van der Waals surface area contributed by atoms with E-state index in [4.69, 9.17) is 21.1 Å². The summed E-state index contributed by atoms with van der Waals surface area (Å²) >= 11 is 8.42. The van der Waals surface area contributed by atoms with Gasteiger partial charge in [0.25, 0.3) is 0 Å². The van der Waals surface area contributed by atoms with Gasteiger partial charge in [-0.1, -0.05) is 29.8 Å². The molecule has 0 atom stereocenters. The maximum atomic E-state index is 13.0. The highest BCUT2D eigenvalue weighted by Gasteiger charge is 2.12. The lowest BCUT2D eigenvalue weighted by atomic mass is 10.1. The Bertz CT molecular complexity index is 963. The van der Waals surface area contributed by atoms with Gasteiger partial charge in [0.2, 0.25) is 0 Å². The van der Waals surface area contributed by atoms with Gasteiger partial charge < -0.3 is 14.8 Å². The first-order chi connectivity index (χ1) is 13.5. The number of ether oxygens (including phenoxy) is 2. The molecule has 0 saturated heterocycles. The van der Waals surface area contributed by atoms with Gasteiger partial charge in [0.05, 0.1) is 10.7 Å². The molecule has 6 heteroatoms. The Labute approximate surface area is 183 Å². The zero-order chi connectivity index (χ0) is 20.1. The number of hydrogen-bond donors (Lipinski definition) is 1. The summed E-state index contributed by atoms with van der Waals surface area (Å²) in [6.07, 6.45) is 0. The van der Waals surface area contributed by atoms with Gasteiger partial charge in [-0.15, -0.1) is 0 Å². The molecule has 0 aliphatic rings. The minimum Gasteiger partial charge on any atom is -0.493 e. The molecule has 28 heavy (non-hydrogen) atoms. The number of aryl methyl sites for hydroxylation is 1. The number of anilines is 1. The summed E-state index contributed by atoms with van der Waals surface area (Å²) in [6, 6.07) is 16.2. The fourth-order valence-electron chi connectivity index (χ4n) is 2.66. The van der Waals surface area contributed by atoms with Crippen molar-refractivity contribution in [2.75, 3.05) is 12.4 Å². The highest BCUT2D eigenvalue weighted by Crippen LogP contribution is 2.35. The fourth-order valence-corrected chi connectivity index (χ4v) is 3.66. The monoisotopic (exact) mass is 511 g/mol. The number of nitrogens with one attached hydrogen (secondary N) is 1. The number of rotatable bonds is 7. The topological polar surface area (TPSA) is 30.5 Å². The summed E-state index contributed by atoms with van der Waals surface area (Å²) in [5, 5.41) is 4.11. The van der Waals surface area contributed by atoms with Crippen molar-refractivity contribution < 1.29 is 13.9 Å². The second kappa shape index (κ2) is 9.47. The quantitative estimate of drug-likeness (QED) is 0.363. The Hall–Kier alpha value is -1.99. The van der Waals surface area contributed by atoms with Crippen molar-refractivity contribution in [1.82, 2.24) is 0 Å². The third kappa shape index (κ3) is 5.29. The average molecular weight is 512 g/mol. The van der Waals surface area contributed by atoms with Crippen LogP contribution >= 0.6 is 34.2 Å². The Kier molecular flexibility index (Phi) is 7.02. The van der Waals surface area contributed by atoms with Crippen LogP contribution in [-0.4, -0.2) is 7.11 Å². The van der Waals surface area contributed by atoms with Crippen molar-refractivity contribution in [2.45, 2.75) is 20.1 Å². The van der Waals surface area contributed by atoms with E-state index in [1.165, 1.54) is 12.1 Å². The first-order valence-electron chi connectivity index (χ1n) is 8.70. The Balaban J connectivity index is 1.71. The predicted octanol–water partition coefficient (Wildman–Crippen LogP) is 6.59. The van der Waals surface area contributed by atoms with Crippen molar-refractivity contribution in [3.63, 3.8) is 0 Å². The van der Waals surface area contributed by atoms with E-state index >= 15 is 0 Å². The number of halogens is 3. The molecule has 146 valence electrons. The number of methoxy groups -OCH3 is 1. The molecule has 0 radical (unpaired) electrons. The van der Waals surface area contributed by atoms with Crippen LogP contribution in [0.25, 0.3) is 0 Å². The van der Waals surface area contributed by atoms with E-state index < -0.39 is 0 Å². The van der Waals surface area contributed by atoms with Crippen LogP contribution in [0.15, 0.2) is 54.6 Å². The molecule has 0 bridgehead atoms. The molecule has 0 aliphatic heterocycles. The average Bonchev–Trinajstić information content (AvgIpc) is 2.69. The van der Waals surface area contributed by atoms with E-state index in [1.54, 1.807) is 19.2 Å². The summed E-state index contributed by atoms with van der Waals surface area (Å²) < 4.78 is 25.4. The van der Waals surface area contributed by atoms with Gasteiger partial charge in [0.15, 0.2) is 11.5 Å². The molecule has 1 N–H and O–H groups in total. The first-order valence-corrected chi connectivity index (χ1v) is 10.2. The molecule has 0 fully saturated rings. The lowest BCUT2D eigenvalue weighted by Crippen LogP contribution is -2.04. The van der Waals surface area contributed by atoms with E-state index in [1.807, 2.05) is 37.3 Å². The van der Waals surface area contributed by atoms with E-state index in [0.717, 1.165) is 31.0 Å². The van der Waals surface area contributed by atoms with Crippen LogP contribution in [-0.2, 0) is 13.2 Å². The molecule has 0 saturated carbocycles. The summed E-state index contributed by atoms with van der Waals surface area (Å²) in [6.45, 7) is 2.94. The molecule has 0 aromatic heterocycles. The van der Waals surface area contributed by atoms with Gasteiger partial charge in [-0.25, -0.2) is 4.39 Å². The van der Waals surface area contributed by atoms with Gasteiger partial charge in [-0.2, -0.15) is 0 Å². The molecule has 0 unspecified atom stereocenters. The van der Waals surface area contributed by atoms with Crippen LogP contribution in [0.4, 0.5) is 10.1 Å². The van der Waals surface area contributed by atoms with E-state index in [0.29, 0.717) is 24.7 Å². The minimum absolute atomic E-state index is 0.261. The van der Waals surface area contributed by atoms with Gasteiger partial charge in [0, 0.05) is 17.3 Å². The molecule has 3 aromatic rings. The fraction of sp³-hybridized carbons (Fsp3) is 0.182. The molecular weight excluding hydrogens is 492 g/mol. The SMILES string of the molecule is COc1cc(CNc2ccc(C)c(Cl)c2)cc(I)c1OCc1ccc(F)cc1. The molecule has 0 spiro atoms. The van der Waals surface area contributed by atoms with Gasteiger partial charge >= 0.3 is 0 Å². The molecule has 0 heterocycles. The van der Waals surface area contributed by atoms with E-state index in [2.05, 4.69) is 27.9 Å². The van der Waals surface area contributed by atoms with Crippen molar-refractivity contribution in [1.29, 1.82) is 0 Å². The molecule has 3 rings (SSSR count). The smallest absolute Gasteiger partial charge is 0.174 e. The predicted molar refractivity (Wildman–Crippen MR) is 120 cm³/mol. The van der Waals surface area contributed by atoms with Crippen molar-refractivity contribution in [2.24, 2.45) is 0 Å². The Morgan fingerprint density at radius 3 is 2.46 bits per heavy atom. The minimum atomic E-state index is -0.261. The van der Waals surface area contributed by atoms with E-state index in [-0.39, 0.29) is 5.82 Å². The maximum absolute atomic E-state index is 13.0. The number of hydrogen-bond acceptors (Lipinski definition) is 3. The lowest BCUT2D eigenvalue weighted by Gasteiger charge is -2.15. The Morgan fingerprint density at radius 1 is 1.04 bits per heavy atom. The van der Waals surface area contributed by atoms with Gasteiger partial charge in [-0.05, 0) is 82.6 Å². The first kappa shape index (κ1) is 20.7. The second-order valence-electron chi connectivity index (χ2n) is 6.34. The van der Waals surface area contributed by atoms with Crippen LogP contribution < -0.4 is 14.8 Å². The number of benzene rings is 3. The highest BCUT2D eigenvalue weighted by atomic mass is 127. The zero-order valence-electron chi connectivity index (χ0n) is 15.6. The van der Waals surface area contributed by atoms with Crippen molar-refractivity contribution in [3.05, 3.63) is 85.7 Å². The Morgan fingerprint density at radius 2 is 1.79 bits per heavy atom. The second-order valence-corrected chi connectivity index (χ2v) is 7.91. The third-order valence-electron chi connectivity index (χ3n) is 4.25. The van der Waals surface area contributed by atoms with E-state index in [9.17, 15) is 4.39 Å². The van der Waals surface area contributed by atoms with Crippen molar-refractivity contribution in [3.8, 4) is 11.5 Å². The van der Waals surface area contributed by atoms with Gasteiger partial charge in [0.1, 0.15) is 12.4 Å². The largest absolute Gasteiger partial charge is 0.493 e. The molecule has 3 aromatic carbocycles. The van der Waals surface area contributed by atoms with Crippen LogP contribution in [0.5, 0.6) is 11.5 Å². The summed E-state index contributed by atoms with van der Waals surface area (Å²) in [7, 11) is 1.62. The van der Waals surface area contributed by atoms with Crippen LogP contribution in [0.3, 0.4) is 0 Å². The van der Waals surface area contributed by atoms with Crippen LogP contribution in [0.1, 0.15) is 16.7 Å². The molecule has 0 aliphatic carbocycles. The molecule has 0 amide bonds. The van der Waals surface area contributed by atoms with Crippen molar-refractivity contribution >= 4 is 39.9 Å². The standard InChI is InChI=1S/C22H20ClFINO2/c1-14-3-8-18(11-19(14)23)26-12-16-9-20(25)22(21(10-16)27-2)28-13-15-4-6-17(24)7-5-15/h3-11,26H,12-13H2,1-2H3. The summed E-state index contributed by atoms with van der Waals surface area (Å²) in [5.41, 5.74) is 3.96. The van der Waals surface area contributed by atoms with Crippen LogP contribution in [0, 0.1) is 16.3 Å². The highest BCUT2D eigenvalue weighted by molar-refractivity contribution is 14.1.